The maximum atomic E-state index is 11.6. The molecule has 2 N–H and O–H groups in total. The molecule has 0 atom stereocenters. The third-order valence-corrected chi connectivity index (χ3v) is 2.59. The quantitative estimate of drug-likeness (QED) is 0.782. The van der Waals surface area contributed by atoms with Crippen molar-refractivity contribution in [1.82, 2.24) is 9.55 Å². The lowest BCUT2D eigenvalue weighted by Gasteiger charge is -2.07. The SMILES string of the molecule is Cc1ccc(-n2ccc(N)nc2=O)cc1C. The van der Waals surface area contributed by atoms with Crippen molar-refractivity contribution < 1.29 is 0 Å². The lowest BCUT2D eigenvalue weighted by Crippen LogP contribution is -2.21. The smallest absolute Gasteiger partial charge is 0.354 e. The van der Waals surface area contributed by atoms with Crippen molar-refractivity contribution in [3.63, 3.8) is 0 Å². The summed E-state index contributed by atoms with van der Waals surface area (Å²) in [5.74, 6) is 0.241. The zero-order valence-corrected chi connectivity index (χ0v) is 9.27. The van der Waals surface area contributed by atoms with Gasteiger partial charge < -0.3 is 5.73 Å². The molecule has 0 amide bonds. The van der Waals surface area contributed by atoms with Crippen molar-refractivity contribution in [2.45, 2.75) is 13.8 Å². The molecule has 0 bridgehead atoms. The molecule has 4 heteroatoms. The van der Waals surface area contributed by atoms with Crippen LogP contribution in [0.25, 0.3) is 5.69 Å². The van der Waals surface area contributed by atoms with Gasteiger partial charge in [0.2, 0.25) is 0 Å². The minimum Gasteiger partial charge on any atom is -0.383 e. The van der Waals surface area contributed by atoms with Gasteiger partial charge in [-0.3, -0.25) is 4.57 Å². The van der Waals surface area contributed by atoms with E-state index in [9.17, 15) is 4.79 Å². The van der Waals surface area contributed by atoms with Gasteiger partial charge in [-0.2, -0.15) is 4.98 Å². The van der Waals surface area contributed by atoms with Gasteiger partial charge in [-0.15, -0.1) is 0 Å². The average Bonchev–Trinajstić information content (AvgIpc) is 2.22. The Bertz CT molecular complexity index is 587. The Morgan fingerprint density at radius 3 is 2.56 bits per heavy atom. The van der Waals surface area contributed by atoms with Gasteiger partial charge >= 0.3 is 5.69 Å². The van der Waals surface area contributed by atoms with Gasteiger partial charge in [0.1, 0.15) is 5.82 Å². The average molecular weight is 215 g/mol. The van der Waals surface area contributed by atoms with Gasteiger partial charge in [0.25, 0.3) is 0 Å². The van der Waals surface area contributed by atoms with E-state index in [4.69, 9.17) is 5.73 Å². The van der Waals surface area contributed by atoms with Gasteiger partial charge in [0.15, 0.2) is 0 Å². The summed E-state index contributed by atoms with van der Waals surface area (Å²) in [5, 5.41) is 0. The zero-order valence-electron chi connectivity index (χ0n) is 9.27. The Morgan fingerprint density at radius 2 is 1.94 bits per heavy atom. The zero-order chi connectivity index (χ0) is 11.7. The molecule has 0 saturated heterocycles. The number of nitrogens with zero attached hydrogens (tertiary/aromatic N) is 2. The van der Waals surface area contributed by atoms with Crippen LogP contribution in [0.2, 0.25) is 0 Å². The highest BCUT2D eigenvalue weighted by molar-refractivity contribution is 5.40. The van der Waals surface area contributed by atoms with Crippen LogP contribution >= 0.6 is 0 Å². The third kappa shape index (κ3) is 1.82. The molecule has 82 valence electrons. The van der Waals surface area contributed by atoms with Gasteiger partial charge in [-0.1, -0.05) is 6.07 Å². The van der Waals surface area contributed by atoms with E-state index >= 15 is 0 Å². The van der Waals surface area contributed by atoms with E-state index < -0.39 is 0 Å². The number of anilines is 1. The van der Waals surface area contributed by atoms with Crippen LogP contribution in [0.4, 0.5) is 5.82 Å². The second kappa shape index (κ2) is 3.81. The molecule has 1 heterocycles. The maximum absolute atomic E-state index is 11.6. The molecule has 0 fully saturated rings. The Kier molecular flexibility index (Phi) is 2.48. The number of nitrogens with two attached hydrogens (primary N) is 1. The molecule has 4 nitrogen and oxygen atoms in total. The van der Waals surface area contributed by atoms with E-state index in [1.807, 2.05) is 32.0 Å². The normalized spacial score (nSPS) is 10.4. The van der Waals surface area contributed by atoms with Crippen LogP contribution in [0.3, 0.4) is 0 Å². The lowest BCUT2D eigenvalue weighted by atomic mass is 10.1. The van der Waals surface area contributed by atoms with Gasteiger partial charge in [0, 0.05) is 6.20 Å². The molecule has 1 aromatic heterocycles. The number of aryl methyl sites for hydroxylation is 2. The highest BCUT2D eigenvalue weighted by atomic mass is 16.1. The fraction of sp³-hybridized carbons (Fsp3) is 0.167. The molecule has 0 unspecified atom stereocenters. The standard InChI is InChI=1S/C12H13N3O/c1-8-3-4-10(7-9(8)2)15-6-5-11(13)14-12(15)16/h3-7H,1-2H3,(H2,13,14,16). The van der Waals surface area contributed by atoms with Crippen LogP contribution in [-0.4, -0.2) is 9.55 Å². The van der Waals surface area contributed by atoms with E-state index in [1.165, 1.54) is 10.1 Å². The van der Waals surface area contributed by atoms with Crippen LogP contribution in [-0.2, 0) is 0 Å². The van der Waals surface area contributed by atoms with Crippen LogP contribution in [0.1, 0.15) is 11.1 Å². The minimum atomic E-state index is -0.358. The monoisotopic (exact) mass is 215 g/mol. The molecule has 2 aromatic rings. The van der Waals surface area contributed by atoms with Gasteiger partial charge in [-0.05, 0) is 43.2 Å². The molecule has 0 radical (unpaired) electrons. The van der Waals surface area contributed by atoms with E-state index in [1.54, 1.807) is 12.3 Å². The van der Waals surface area contributed by atoms with Crippen molar-refractivity contribution in [3.8, 4) is 5.69 Å². The molecule has 16 heavy (non-hydrogen) atoms. The first-order chi connectivity index (χ1) is 7.58. The Balaban J connectivity index is 2.59. The highest BCUT2D eigenvalue weighted by Crippen LogP contribution is 2.12. The van der Waals surface area contributed by atoms with Crippen LogP contribution < -0.4 is 11.4 Å². The number of benzene rings is 1. The Hall–Kier alpha value is -2.10. The van der Waals surface area contributed by atoms with Crippen molar-refractivity contribution >= 4 is 5.82 Å². The Morgan fingerprint density at radius 1 is 1.19 bits per heavy atom. The summed E-state index contributed by atoms with van der Waals surface area (Å²) in [7, 11) is 0. The predicted octanol–water partition coefficient (Wildman–Crippen LogP) is 1.43. The van der Waals surface area contributed by atoms with Crippen LogP contribution in [0.5, 0.6) is 0 Å². The second-order valence-electron chi connectivity index (χ2n) is 3.77. The van der Waals surface area contributed by atoms with Crippen molar-refractivity contribution in [1.29, 1.82) is 0 Å². The minimum absolute atomic E-state index is 0.241. The molecular formula is C12H13N3O. The predicted molar refractivity (Wildman–Crippen MR) is 63.7 cm³/mol. The molecule has 0 aliphatic carbocycles. The second-order valence-corrected chi connectivity index (χ2v) is 3.77. The first-order valence-corrected chi connectivity index (χ1v) is 5.01. The summed E-state index contributed by atoms with van der Waals surface area (Å²) >= 11 is 0. The third-order valence-electron chi connectivity index (χ3n) is 2.59. The number of hydrogen-bond donors (Lipinski definition) is 1. The van der Waals surface area contributed by atoms with Crippen molar-refractivity contribution in [3.05, 3.63) is 52.1 Å². The summed E-state index contributed by atoms with van der Waals surface area (Å²) in [4.78, 5) is 15.3. The first-order valence-electron chi connectivity index (χ1n) is 5.01. The number of hydrogen-bond acceptors (Lipinski definition) is 3. The molecule has 0 aliphatic rings. The van der Waals surface area contributed by atoms with Crippen molar-refractivity contribution in [2.24, 2.45) is 0 Å². The van der Waals surface area contributed by atoms with E-state index in [2.05, 4.69) is 4.98 Å². The van der Waals surface area contributed by atoms with Crippen LogP contribution in [0, 0.1) is 13.8 Å². The fourth-order valence-corrected chi connectivity index (χ4v) is 1.49. The van der Waals surface area contributed by atoms with Gasteiger partial charge in [0.05, 0.1) is 5.69 Å². The molecule has 0 spiro atoms. The summed E-state index contributed by atoms with van der Waals surface area (Å²) in [6.07, 6.45) is 1.63. The van der Waals surface area contributed by atoms with Crippen molar-refractivity contribution in [2.75, 3.05) is 5.73 Å². The fourth-order valence-electron chi connectivity index (χ4n) is 1.49. The molecule has 1 aromatic carbocycles. The maximum Gasteiger partial charge on any atom is 0.354 e. The van der Waals surface area contributed by atoms with E-state index in [-0.39, 0.29) is 11.5 Å². The van der Waals surface area contributed by atoms with Crippen LogP contribution in [0.15, 0.2) is 35.3 Å². The molecule has 0 saturated carbocycles. The number of nitrogen functional groups attached to an aromatic ring is 1. The van der Waals surface area contributed by atoms with E-state index in [0.717, 1.165) is 11.3 Å². The number of aromatic nitrogens is 2. The molecule has 0 aliphatic heterocycles. The Labute approximate surface area is 93.4 Å². The molecule has 2 rings (SSSR count). The summed E-state index contributed by atoms with van der Waals surface area (Å²) in [5.41, 5.74) is 8.22. The largest absolute Gasteiger partial charge is 0.383 e. The number of rotatable bonds is 1. The molecular weight excluding hydrogens is 202 g/mol. The first kappa shape index (κ1) is 10.4. The van der Waals surface area contributed by atoms with Gasteiger partial charge in [-0.25, -0.2) is 4.79 Å². The highest BCUT2D eigenvalue weighted by Gasteiger charge is 2.02. The van der Waals surface area contributed by atoms with E-state index in [0.29, 0.717) is 0 Å². The summed E-state index contributed by atoms with van der Waals surface area (Å²) < 4.78 is 1.48. The topological polar surface area (TPSA) is 60.9 Å². The summed E-state index contributed by atoms with van der Waals surface area (Å²) in [6, 6.07) is 7.43. The lowest BCUT2D eigenvalue weighted by molar-refractivity contribution is 0.917. The summed E-state index contributed by atoms with van der Waals surface area (Å²) in [6.45, 7) is 4.04.